The van der Waals surface area contributed by atoms with Crippen molar-refractivity contribution in [3.63, 3.8) is 0 Å². The monoisotopic (exact) mass is 481 g/mol. The summed E-state index contributed by atoms with van der Waals surface area (Å²) in [6.45, 7) is 6.29. The number of nitrogens with one attached hydrogen (secondary N) is 2. The van der Waals surface area contributed by atoms with Crippen molar-refractivity contribution >= 4 is 43.2 Å². The average molecular weight is 482 g/mol. The van der Waals surface area contributed by atoms with Gasteiger partial charge in [-0.2, -0.15) is 0 Å². The van der Waals surface area contributed by atoms with E-state index in [1.165, 1.54) is 24.3 Å². The molecule has 2 aromatic carbocycles. The first kappa shape index (κ1) is 21.8. The number of anilines is 2. The summed E-state index contributed by atoms with van der Waals surface area (Å²) in [6, 6.07) is 11.4. The van der Waals surface area contributed by atoms with E-state index in [2.05, 4.69) is 30.9 Å². The molecular weight excluding hydrogens is 458 g/mol. The third kappa shape index (κ3) is 5.57. The van der Waals surface area contributed by atoms with E-state index >= 15 is 0 Å². The number of benzene rings is 2. The van der Waals surface area contributed by atoms with Crippen LogP contribution in [-0.4, -0.2) is 46.7 Å². The standard InChI is InChI=1S/C20H24BrN3O4S/c1-14(2)23-29(26,27)17-6-3-15(4-7-17)20(25)22-18-13-16(21)5-8-19(18)24-9-11-28-12-10-24/h3-8,13-14,23H,9-12H2,1-2H3,(H,22,25). The Labute approximate surface area is 179 Å². The second-order valence-electron chi connectivity index (χ2n) is 7.02. The molecule has 2 N–H and O–H groups in total. The van der Waals surface area contributed by atoms with Gasteiger partial charge in [0.2, 0.25) is 10.0 Å². The van der Waals surface area contributed by atoms with Crippen molar-refractivity contribution in [2.75, 3.05) is 36.5 Å². The Morgan fingerprint density at radius 1 is 1.10 bits per heavy atom. The molecule has 29 heavy (non-hydrogen) atoms. The van der Waals surface area contributed by atoms with Crippen LogP contribution in [0.1, 0.15) is 24.2 Å². The zero-order valence-corrected chi connectivity index (χ0v) is 18.7. The van der Waals surface area contributed by atoms with Crippen LogP contribution >= 0.6 is 15.9 Å². The molecule has 1 aliphatic heterocycles. The molecule has 1 saturated heterocycles. The molecule has 0 atom stereocenters. The van der Waals surface area contributed by atoms with Gasteiger partial charge in [-0.05, 0) is 56.3 Å². The molecule has 0 unspecified atom stereocenters. The molecule has 0 bridgehead atoms. The van der Waals surface area contributed by atoms with Crippen LogP contribution in [0.25, 0.3) is 0 Å². The minimum Gasteiger partial charge on any atom is -0.378 e. The van der Waals surface area contributed by atoms with Gasteiger partial charge in [0.05, 0.1) is 29.5 Å². The van der Waals surface area contributed by atoms with E-state index in [9.17, 15) is 13.2 Å². The fourth-order valence-corrected chi connectivity index (χ4v) is 4.66. The van der Waals surface area contributed by atoms with Crippen molar-refractivity contribution < 1.29 is 17.9 Å². The highest BCUT2D eigenvalue weighted by Crippen LogP contribution is 2.30. The molecule has 0 aliphatic carbocycles. The van der Waals surface area contributed by atoms with Gasteiger partial charge >= 0.3 is 0 Å². The summed E-state index contributed by atoms with van der Waals surface area (Å²) in [5, 5.41) is 2.94. The largest absolute Gasteiger partial charge is 0.378 e. The summed E-state index contributed by atoms with van der Waals surface area (Å²) in [5.41, 5.74) is 1.98. The number of hydrogen-bond donors (Lipinski definition) is 2. The van der Waals surface area contributed by atoms with E-state index in [1.54, 1.807) is 13.8 Å². The lowest BCUT2D eigenvalue weighted by atomic mass is 10.2. The Morgan fingerprint density at radius 2 is 1.76 bits per heavy atom. The Hall–Kier alpha value is -1.94. The molecule has 0 saturated carbocycles. The van der Waals surface area contributed by atoms with Crippen LogP contribution in [0, 0.1) is 0 Å². The van der Waals surface area contributed by atoms with Gasteiger partial charge in [-0.15, -0.1) is 0 Å². The van der Waals surface area contributed by atoms with E-state index in [0.29, 0.717) is 24.5 Å². The highest BCUT2D eigenvalue weighted by Gasteiger charge is 2.19. The number of carbonyl (C=O) groups is 1. The zero-order valence-electron chi connectivity index (χ0n) is 16.3. The van der Waals surface area contributed by atoms with E-state index in [4.69, 9.17) is 4.74 Å². The molecule has 3 rings (SSSR count). The van der Waals surface area contributed by atoms with E-state index in [0.717, 1.165) is 23.2 Å². The minimum atomic E-state index is -3.59. The van der Waals surface area contributed by atoms with E-state index in [-0.39, 0.29) is 16.8 Å². The lowest BCUT2D eigenvalue weighted by Gasteiger charge is -2.30. The Kier molecular flexibility index (Phi) is 6.94. The summed E-state index contributed by atoms with van der Waals surface area (Å²) in [5.74, 6) is -0.307. The molecule has 2 aromatic rings. The van der Waals surface area contributed by atoms with E-state index < -0.39 is 10.0 Å². The van der Waals surface area contributed by atoms with Crippen molar-refractivity contribution in [2.24, 2.45) is 0 Å². The van der Waals surface area contributed by atoms with Gasteiger partial charge in [-0.1, -0.05) is 15.9 Å². The van der Waals surface area contributed by atoms with Crippen LogP contribution < -0.4 is 14.9 Å². The number of amides is 1. The third-order valence-electron chi connectivity index (χ3n) is 4.38. The van der Waals surface area contributed by atoms with Gasteiger partial charge < -0.3 is 15.0 Å². The molecule has 9 heteroatoms. The summed E-state index contributed by atoms with van der Waals surface area (Å²) in [4.78, 5) is 15.1. The lowest BCUT2D eigenvalue weighted by molar-refractivity contribution is 0.102. The van der Waals surface area contributed by atoms with Crippen LogP contribution in [0.3, 0.4) is 0 Å². The lowest BCUT2D eigenvalue weighted by Crippen LogP contribution is -2.36. The number of sulfonamides is 1. The van der Waals surface area contributed by atoms with Crippen molar-refractivity contribution in [1.29, 1.82) is 0 Å². The highest BCUT2D eigenvalue weighted by atomic mass is 79.9. The van der Waals surface area contributed by atoms with E-state index in [1.807, 2.05) is 18.2 Å². The minimum absolute atomic E-state index is 0.124. The number of carbonyl (C=O) groups excluding carboxylic acids is 1. The van der Waals surface area contributed by atoms with Crippen molar-refractivity contribution in [1.82, 2.24) is 4.72 Å². The van der Waals surface area contributed by atoms with Gasteiger partial charge in [0.15, 0.2) is 0 Å². The molecule has 0 aromatic heterocycles. The number of halogens is 1. The Balaban J connectivity index is 1.79. The van der Waals surface area contributed by atoms with Gasteiger partial charge in [0, 0.05) is 29.2 Å². The number of ether oxygens (including phenoxy) is 1. The van der Waals surface area contributed by atoms with Crippen LogP contribution in [0.15, 0.2) is 51.8 Å². The van der Waals surface area contributed by atoms with Crippen molar-refractivity contribution in [3.05, 3.63) is 52.5 Å². The van der Waals surface area contributed by atoms with Crippen LogP contribution in [0.5, 0.6) is 0 Å². The molecule has 7 nitrogen and oxygen atoms in total. The predicted octanol–water partition coefficient (Wildman–Crippen LogP) is 3.22. The Morgan fingerprint density at radius 3 is 2.38 bits per heavy atom. The number of nitrogens with zero attached hydrogens (tertiary/aromatic N) is 1. The molecule has 1 fully saturated rings. The first-order valence-electron chi connectivity index (χ1n) is 9.32. The smallest absolute Gasteiger partial charge is 0.255 e. The maximum Gasteiger partial charge on any atom is 0.255 e. The molecule has 1 aliphatic rings. The fraction of sp³-hybridized carbons (Fsp3) is 0.350. The number of rotatable bonds is 6. The number of morpholine rings is 1. The maximum atomic E-state index is 12.8. The predicted molar refractivity (Wildman–Crippen MR) is 117 cm³/mol. The summed E-state index contributed by atoms with van der Waals surface area (Å²) in [7, 11) is -3.59. The third-order valence-corrected chi connectivity index (χ3v) is 6.54. The van der Waals surface area contributed by atoms with Crippen LogP contribution in [0.2, 0.25) is 0 Å². The SMILES string of the molecule is CC(C)NS(=O)(=O)c1ccc(C(=O)Nc2cc(Br)ccc2N2CCOCC2)cc1. The first-order chi connectivity index (χ1) is 13.8. The van der Waals surface area contributed by atoms with Gasteiger partial charge in [-0.3, -0.25) is 4.79 Å². The maximum absolute atomic E-state index is 12.8. The fourth-order valence-electron chi connectivity index (χ4n) is 3.05. The van der Waals surface area contributed by atoms with Gasteiger partial charge in [0.25, 0.3) is 5.91 Å². The zero-order chi connectivity index (χ0) is 21.0. The molecule has 156 valence electrons. The summed E-state index contributed by atoms with van der Waals surface area (Å²) in [6.07, 6.45) is 0. The molecular formula is C20H24BrN3O4S. The second-order valence-corrected chi connectivity index (χ2v) is 9.65. The Bertz CT molecular complexity index is 972. The highest BCUT2D eigenvalue weighted by molar-refractivity contribution is 9.10. The second kappa shape index (κ2) is 9.25. The first-order valence-corrected chi connectivity index (χ1v) is 11.6. The van der Waals surface area contributed by atoms with Crippen molar-refractivity contribution in [2.45, 2.75) is 24.8 Å². The summed E-state index contributed by atoms with van der Waals surface area (Å²) >= 11 is 3.45. The quantitative estimate of drug-likeness (QED) is 0.661. The number of hydrogen-bond acceptors (Lipinski definition) is 5. The normalized spacial score (nSPS) is 14.8. The molecule has 0 radical (unpaired) electrons. The average Bonchev–Trinajstić information content (AvgIpc) is 2.68. The molecule has 0 spiro atoms. The van der Waals surface area contributed by atoms with Gasteiger partial charge in [-0.25, -0.2) is 13.1 Å². The van der Waals surface area contributed by atoms with Crippen LogP contribution in [0.4, 0.5) is 11.4 Å². The van der Waals surface area contributed by atoms with Crippen LogP contribution in [-0.2, 0) is 14.8 Å². The topological polar surface area (TPSA) is 87.7 Å². The molecule has 1 heterocycles. The summed E-state index contributed by atoms with van der Waals surface area (Å²) < 4.78 is 33.3. The van der Waals surface area contributed by atoms with Gasteiger partial charge in [0.1, 0.15) is 0 Å². The van der Waals surface area contributed by atoms with Crippen molar-refractivity contribution in [3.8, 4) is 0 Å². The molecule has 1 amide bonds.